The van der Waals surface area contributed by atoms with E-state index in [1.54, 1.807) is 12.1 Å². The van der Waals surface area contributed by atoms with Crippen LogP contribution in [0.1, 0.15) is 12.5 Å². The van der Waals surface area contributed by atoms with Crippen molar-refractivity contribution in [3.63, 3.8) is 0 Å². The summed E-state index contributed by atoms with van der Waals surface area (Å²) < 4.78 is 13.7. The lowest BCUT2D eigenvalue weighted by atomic mass is 10.2. The van der Waals surface area contributed by atoms with Gasteiger partial charge in [0.15, 0.2) is 0 Å². The molecule has 11 heavy (non-hydrogen) atoms. The van der Waals surface area contributed by atoms with Gasteiger partial charge in [0.1, 0.15) is 5.82 Å². The Hall–Kier alpha value is -0.630. The van der Waals surface area contributed by atoms with Gasteiger partial charge in [-0.2, -0.15) is 0 Å². The second-order valence-electron chi connectivity index (χ2n) is 2.17. The molecule has 0 saturated heterocycles. The van der Waals surface area contributed by atoms with Crippen LogP contribution in [0.4, 0.5) is 4.39 Å². The molecular weight excluding hydrogens is 207 g/mol. The maximum absolute atomic E-state index is 13.0. The fourth-order valence-electron chi connectivity index (χ4n) is 0.816. The Bertz CT molecular complexity index is 279. The molecule has 0 aliphatic carbocycles. The average molecular weight is 215 g/mol. The molecule has 0 nitrogen and oxygen atoms in total. The number of hydrogen-bond donors (Lipinski definition) is 0. The fraction of sp³-hybridized carbons (Fsp3) is 0.111. The molecule has 0 aromatic heterocycles. The molecule has 0 unspecified atom stereocenters. The zero-order chi connectivity index (χ0) is 8.27. The predicted molar refractivity (Wildman–Crippen MR) is 48.8 cm³/mol. The van der Waals surface area contributed by atoms with Crippen LogP contribution in [-0.4, -0.2) is 0 Å². The van der Waals surface area contributed by atoms with E-state index in [2.05, 4.69) is 15.9 Å². The monoisotopic (exact) mass is 214 g/mol. The van der Waals surface area contributed by atoms with Gasteiger partial charge < -0.3 is 0 Å². The van der Waals surface area contributed by atoms with E-state index < -0.39 is 0 Å². The second-order valence-corrected chi connectivity index (χ2v) is 3.08. The molecule has 1 aromatic rings. The molecule has 2 heteroatoms. The second kappa shape index (κ2) is 3.67. The number of rotatable bonds is 1. The quantitative estimate of drug-likeness (QED) is 0.671. The lowest BCUT2D eigenvalue weighted by Crippen LogP contribution is -1.80. The van der Waals surface area contributed by atoms with E-state index in [-0.39, 0.29) is 5.82 Å². The first-order valence-corrected chi connectivity index (χ1v) is 4.11. The Morgan fingerprint density at radius 1 is 1.45 bits per heavy atom. The number of halogens is 2. The number of hydrogen-bond acceptors (Lipinski definition) is 0. The highest BCUT2D eigenvalue weighted by atomic mass is 79.9. The highest BCUT2D eigenvalue weighted by molar-refractivity contribution is 9.10. The highest BCUT2D eigenvalue weighted by Gasteiger charge is 1.96. The smallest absolute Gasteiger partial charge is 0.131 e. The third-order valence-electron chi connectivity index (χ3n) is 1.31. The summed E-state index contributed by atoms with van der Waals surface area (Å²) in [6.45, 7) is 1.86. The van der Waals surface area contributed by atoms with Crippen molar-refractivity contribution in [2.24, 2.45) is 0 Å². The van der Waals surface area contributed by atoms with Crippen LogP contribution in [0.2, 0.25) is 0 Å². The minimum absolute atomic E-state index is 0.197. The third-order valence-corrected chi connectivity index (χ3v) is 1.80. The van der Waals surface area contributed by atoms with Gasteiger partial charge in [-0.25, -0.2) is 4.39 Å². The molecule has 0 N–H and O–H groups in total. The minimum atomic E-state index is -0.197. The third kappa shape index (κ3) is 2.15. The molecule has 0 spiro atoms. The molecule has 0 atom stereocenters. The van der Waals surface area contributed by atoms with Crippen LogP contribution in [-0.2, 0) is 0 Å². The van der Waals surface area contributed by atoms with Crippen molar-refractivity contribution >= 4 is 22.0 Å². The molecule has 1 rings (SSSR count). The van der Waals surface area contributed by atoms with Crippen LogP contribution in [0.15, 0.2) is 28.7 Å². The Morgan fingerprint density at radius 3 is 2.73 bits per heavy atom. The summed E-state index contributed by atoms with van der Waals surface area (Å²) in [5.41, 5.74) is 0.621. The van der Waals surface area contributed by atoms with Crippen LogP contribution in [0, 0.1) is 5.82 Å². The lowest BCUT2D eigenvalue weighted by molar-refractivity contribution is 0.624. The van der Waals surface area contributed by atoms with Crippen LogP contribution < -0.4 is 0 Å². The van der Waals surface area contributed by atoms with Crippen LogP contribution in [0.25, 0.3) is 6.08 Å². The Labute approximate surface area is 73.9 Å². The van der Waals surface area contributed by atoms with E-state index in [1.807, 2.05) is 19.1 Å². The van der Waals surface area contributed by atoms with Crippen LogP contribution in [0.5, 0.6) is 0 Å². The predicted octanol–water partition coefficient (Wildman–Crippen LogP) is 3.62. The van der Waals surface area contributed by atoms with E-state index in [4.69, 9.17) is 0 Å². The molecule has 0 aliphatic heterocycles. The molecule has 0 fully saturated rings. The molecule has 0 aliphatic rings. The van der Waals surface area contributed by atoms with E-state index in [1.165, 1.54) is 6.07 Å². The first-order chi connectivity index (χ1) is 5.24. The number of allylic oxidation sites excluding steroid dienone is 1. The van der Waals surface area contributed by atoms with Crippen molar-refractivity contribution in [3.05, 3.63) is 40.1 Å². The Balaban J connectivity index is 3.09. The first-order valence-electron chi connectivity index (χ1n) is 3.32. The maximum Gasteiger partial charge on any atom is 0.131 e. The fourth-order valence-corrected chi connectivity index (χ4v) is 1.15. The summed E-state index contributed by atoms with van der Waals surface area (Å²) in [6.07, 6.45) is 3.55. The molecule has 1 aromatic carbocycles. The van der Waals surface area contributed by atoms with Crippen molar-refractivity contribution < 1.29 is 4.39 Å². The molecule has 0 heterocycles. The van der Waals surface area contributed by atoms with Gasteiger partial charge in [-0.15, -0.1) is 0 Å². The van der Waals surface area contributed by atoms with Gasteiger partial charge in [-0.3, -0.25) is 0 Å². The van der Waals surface area contributed by atoms with Crippen LogP contribution in [0.3, 0.4) is 0 Å². The summed E-state index contributed by atoms with van der Waals surface area (Å²) in [6, 6.07) is 5.01. The molecular formula is C9H8BrF. The van der Waals surface area contributed by atoms with Gasteiger partial charge in [0.2, 0.25) is 0 Å². The molecule has 58 valence electrons. The van der Waals surface area contributed by atoms with Crippen LogP contribution >= 0.6 is 15.9 Å². The average Bonchev–Trinajstić information content (AvgIpc) is 1.95. The Kier molecular flexibility index (Phi) is 2.83. The van der Waals surface area contributed by atoms with Crippen molar-refractivity contribution in [3.8, 4) is 0 Å². The molecule has 0 saturated carbocycles. The summed E-state index contributed by atoms with van der Waals surface area (Å²) >= 11 is 3.18. The molecule has 0 radical (unpaired) electrons. The topological polar surface area (TPSA) is 0 Å². The van der Waals surface area contributed by atoms with Gasteiger partial charge >= 0.3 is 0 Å². The van der Waals surface area contributed by atoms with Crippen molar-refractivity contribution in [2.75, 3.05) is 0 Å². The maximum atomic E-state index is 13.0. The Morgan fingerprint density at radius 2 is 2.18 bits per heavy atom. The van der Waals surface area contributed by atoms with Crippen molar-refractivity contribution in [1.29, 1.82) is 0 Å². The van der Waals surface area contributed by atoms with Crippen molar-refractivity contribution in [1.82, 2.24) is 0 Å². The zero-order valence-electron chi connectivity index (χ0n) is 6.14. The van der Waals surface area contributed by atoms with E-state index in [0.29, 0.717) is 5.56 Å². The number of benzene rings is 1. The van der Waals surface area contributed by atoms with E-state index in [0.717, 1.165) is 4.47 Å². The SMILES string of the molecule is C/C=C/c1ccc(Br)cc1F. The summed E-state index contributed by atoms with van der Waals surface area (Å²) in [4.78, 5) is 0. The van der Waals surface area contributed by atoms with Crippen molar-refractivity contribution in [2.45, 2.75) is 6.92 Å². The van der Waals surface area contributed by atoms with Gasteiger partial charge in [0, 0.05) is 10.0 Å². The lowest BCUT2D eigenvalue weighted by Gasteiger charge is -1.95. The standard InChI is InChI=1S/C9H8BrF/c1-2-3-7-4-5-8(10)6-9(7)11/h2-6H,1H3/b3-2+. The summed E-state index contributed by atoms with van der Waals surface area (Å²) in [5, 5.41) is 0. The van der Waals surface area contributed by atoms with Gasteiger partial charge in [-0.05, 0) is 19.1 Å². The van der Waals surface area contributed by atoms with Gasteiger partial charge in [0.05, 0.1) is 0 Å². The normalized spacial score (nSPS) is 10.8. The molecule has 0 amide bonds. The zero-order valence-corrected chi connectivity index (χ0v) is 7.73. The summed E-state index contributed by atoms with van der Waals surface area (Å²) in [7, 11) is 0. The summed E-state index contributed by atoms with van der Waals surface area (Å²) in [5.74, 6) is -0.197. The van der Waals surface area contributed by atoms with E-state index in [9.17, 15) is 4.39 Å². The first kappa shape index (κ1) is 8.47. The molecule has 0 bridgehead atoms. The minimum Gasteiger partial charge on any atom is -0.206 e. The van der Waals surface area contributed by atoms with Gasteiger partial charge in [0.25, 0.3) is 0 Å². The largest absolute Gasteiger partial charge is 0.206 e. The van der Waals surface area contributed by atoms with Gasteiger partial charge in [-0.1, -0.05) is 34.1 Å². The highest BCUT2D eigenvalue weighted by Crippen LogP contribution is 2.15. The van der Waals surface area contributed by atoms with E-state index >= 15 is 0 Å².